The van der Waals surface area contributed by atoms with E-state index in [9.17, 15) is 0 Å². The summed E-state index contributed by atoms with van der Waals surface area (Å²) in [7, 11) is 4.21. The molecule has 1 heterocycles. The van der Waals surface area contributed by atoms with Gasteiger partial charge in [0.1, 0.15) is 0 Å². The number of nitrogens with zero attached hydrogens (tertiary/aromatic N) is 2. The summed E-state index contributed by atoms with van der Waals surface area (Å²) in [5, 5.41) is 3.44. The van der Waals surface area contributed by atoms with Crippen molar-refractivity contribution in [3.8, 4) is 0 Å². The van der Waals surface area contributed by atoms with Crippen molar-refractivity contribution in [1.82, 2.24) is 15.2 Å². The Labute approximate surface area is 98.9 Å². The van der Waals surface area contributed by atoms with Crippen molar-refractivity contribution in [2.45, 2.75) is 32.9 Å². The van der Waals surface area contributed by atoms with Crippen LogP contribution in [0.15, 0.2) is 18.3 Å². The molecule has 3 nitrogen and oxygen atoms in total. The number of aryl methyl sites for hydroxylation is 1. The largest absolute Gasteiger partial charge is 0.309 e. The number of nitrogens with one attached hydrogen (secondary N) is 1. The fraction of sp³-hybridized carbons (Fsp3) is 0.615. The van der Waals surface area contributed by atoms with Gasteiger partial charge in [0, 0.05) is 24.8 Å². The Morgan fingerprint density at radius 3 is 2.50 bits per heavy atom. The highest BCUT2D eigenvalue weighted by molar-refractivity contribution is 5.11. The predicted molar refractivity (Wildman–Crippen MR) is 68.4 cm³/mol. The summed E-state index contributed by atoms with van der Waals surface area (Å²) < 4.78 is 0. The maximum absolute atomic E-state index is 4.37. The highest BCUT2D eigenvalue weighted by atomic mass is 15.2. The zero-order valence-electron chi connectivity index (χ0n) is 11.0. The molecule has 1 aromatic rings. The highest BCUT2D eigenvalue weighted by Gasteiger charge is 2.19. The van der Waals surface area contributed by atoms with Gasteiger partial charge in [-0.1, -0.05) is 6.07 Å². The molecule has 1 rings (SSSR count). The van der Waals surface area contributed by atoms with E-state index in [0.29, 0.717) is 0 Å². The lowest BCUT2D eigenvalue weighted by Crippen LogP contribution is -2.46. The maximum atomic E-state index is 4.37. The minimum Gasteiger partial charge on any atom is -0.309 e. The Hall–Kier alpha value is -0.930. The van der Waals surface area contributed by atoms with Gasteiger partial charge in [-0.05, 0) is 46.5 Å². The average molecular weight is 221 g/mol. The molecule has 0 atom stereocenters. The second kappa shape index (κ2) is 5.41. The summed E-state index contributed by atoms with van der Waals surface area (Å²) in [6, 6.07) is 4.17. The zero-order chi connectivity index (χ0) is 12.2. The molecule has 0 radical (unpaired) electrons. The summed E-state index contributed by atoms with van der Waals surface area (Å²) in [5.41, 5.74) is 2.47. The van der Waals surface area contributed by atoms with E-state index in [4.69, 9.17) is 0 Å². The molecule has 0 unspecified atom stereocenters. The Bertz CT molecular complexity index is 314. The third kappa shape index (κ3) is 3.91. The van der Waals surface area contributed by atoms with Crippen molar-refractivity contribution in [1.29, 1.82) is 0 Å². The summed E-state index contributed by atoms with van der Waals surface area (Å²) in [5.74, 6) is 0. The second-order valence-electron chi connectivity index (χ2n) is 5.14. The van der Waals surface area contributed by atoms with E-state index < -0.39 is 0 Å². The summed E-state index contributed by atoms with van der Waals surface area (Å²) >= 11 is 0. The normalized spacial score (nSPS) is 12.1. The molecule has 0 aromatic carbocycles. The first kappa shape index (κ1) is 13.1. The van der Waals surface area contributed by atoms with Gasteiger partial charge in [-0.2, -0.15) is 0 Å². The van der Waals surface area contributed by atoms with Crippen LogP contribution in [0.2, 0.25) is 0 Å². The SMILES string of the molecule is Cc1ccc(CNCC(C)(C)N(C)C)nc1. The number of aromatic nitrogens is 1. The predicted octanol–water partition coefficient (Wildman–Crippen LogP) is 1.82. The number of rotatable bonds is 5. The van der Waals surface area contributed by atoms with Gasteiger partial charge < -0.3 is 10.2 Å². The minimum absolute atomic E-state index is 0.171. The summed E-state index contributed by atoms with van der Waals surface area (Å²) in [4.78, 5) is 6.59. The van der Waals surface area contributed by atoms with Crippen LogP contribution in [0.3, 0.4) is 0 Å². The van der Waals surface area contributed by atoms with Crippen molar-refractivity contribution in [3.05, 3.63) is 29.6 Å². The van der Waals surface area contributed by atoms with Crippen LogP contribution in [0, 0.1) is 6.92 Å². The van der Waals surface area contributed by atoms with Gasteiger partial charge >= 0.3 is 0 Å². The van der Waals surface area contributed by atoms with E-state index in [1.165, 1.54) is 5.56 Å². The molecule has 0 saturated heterocycles. The molecular formula is C13H23N3. The van der Waals surface area contributed by atoms with Crippen molar-refractivity contribution in [2.75, 3.05) is 20.6 Å². The molecular weight excluding hydrogens is 198 g/mol. The highest BCUT2D eigenvalue weighted by Crippen LogP contribution is 2.08. The van der Waals surface area contributed by atoms with Crippen LogP contribution >= 0.6 is 0 Å². The van der Waals surface area contributed by atoms with Gasteiger partial charge in [0.2, 0.25) is 0 Å². The van der Waals surface area contributed by atoms with Gasteiger partial charge in [-0.3, -0.25) is 4.98 Å². The number of pyridine rings is 1. The maximum Gasteiger partial charge on any atom is 0.0541 e. The van der Waals surface area contributed by atoms with Gasteiger partial charge in [-0.15, -0.1) is 0 Å². The standard InChI is InChI=1S/C13H23N3/c1-11-6-7-12(15-8-11)9-14-10-13(2,3)16(4)5/h6-8,14H,9-10H2,1-5H3. The van der Waals surface area contributed by atoms with E-state index in [0.717, 1.165) is 18.8 Å². The smallest absolute Gasteiger partial charge is 0.0541 e. The Balaban J connectivity index is 2.39. The van der Waals surface area contributed by atoms with Gasteiger partial charge in [0.05, 0.1) is 5.69 Å². The molecule has 90 valence electrons. The molecule has 0 fully saturated rings. The second-order valence-corrected chi connectivity index (χ2v) is 5.14. The van der Waals surface area contributed by atoms with Gasteiger partial charge in [0.25, 0.3) is 0 Å². The Morgan fingerprint density at radius 2 is 2.00 bits per heavy atom. The molecule has 3 heteroatoms. The van der Waals surface area contributed by atoms with E-state index in [2.05, 4.69) is 62.2 Å². The molecule has 16 heavy (non-hydrogen) atoms. The van der Waals surface area contributed by atoms with Crippen LogP contribution < -0.4 is 5.32 Å². The van der Waals surface area contributed by atoms with Crippen molar-refractivity contribution < 1.29 is 0 Å². The summed E-state index contributed by atoms with van der Waals surface area (Å²) in [6.45, 7) is 8.29. The van der Waals surface area contributed by atoms with Crippen molar-refractivity contribution >= 4 is 0 Å². The topological polar surface area (TPSA) is 28.2 Å². The quantitative estimate of drug-likeness (QED) is 0.822. The molecule has 0 amide bonds. The fourth-order valence-electron chi connectivity index (χ4n) is 1.26. The van der Waals surface area contributed by atoms with Crippen LogP contribution in [0.1, 0.15) is 25.1 Å². The summed E-state index contributed by atoms with van der Waals surface area (Å²) in [6.07, 6.45) is 1.91. The van der Waals surface area contributed by atoms with Crippen LogP contribution in [-0.4, -0.2) is 36.1 Å². The van der Waals surface area contributed by atoms with Crippen LogP contribution in [-0.2, 0) is 6.54 Å². The Kier molecular flexibility index (Phi) is 4.44. The van der Waals surface area contributed by atoms with E-state index in [-0.39, 0.29) is 5.54 Å². The monoisotopic (exact) mass is 221 g/mol. The molecule has 0 aliphatic heterocycles. The van der Waals surface area contributed by atoms with Crippen LogP contribution in [0.5, 0.6) is 0 Å². The molecule has 0 aliphatic carbocycles. The first-order chi connectivity index (χ1) is 7.42. The van der Waals surface area contributed by atoms with Crippen molar-refractivity contribution in [3.63, 3.8) is 0 Å². The molecule has 1 N–H and O–H groups in total. The lowest BCUT2D eigenvalue weighted by Gasteiger charge is -2.32. The minimum atomic E-state index is 0.171. The van der Waals surface area contributed by atoms with E-state index >= 15 is 0 Å². The van der Waals surface area contributed by atoms with Crippen LogP contribution in [0.25, 0.3) is 0 Å². The third-order valence-corrected chi connectivity index (χ3v) is 3.05. The fourth-order valence-corrected chi connectivity index (χ4v) is 1.26. The Morgan fingerprint density at radius 1 is 1.31 bits per heavy atom. The molecule has 0 saturated carbocycles. The van der Waals surface area contributed by atoms with Gasteiger partial charge in [-0.25, -0.2) is 0 Å². The first-order valence-corrected chi connectivity index (χ1v) is 5.71. The van der Waals surface area contributed by atoms with E-state index in [1.807, 2.05) is 6.20 Å². The molecule has 0 bridgehead atoms. The number of likely N-dealkylation sites (N-methyl/N-ethyl adjacent to an activating group) is 1. The number of hydrogen-bond donors (Lipinski definition) is 1. The lowest BCUT2D eigenvalue weighted by atomic mass is 10.0. The zero-order valence-corrected chi connectivity index (χ0v) is 11.0. The molecule has 0 spiro atoms. The average Bonchev–Trinajstić information content (AvgIpc) is 2.20. The van der Waals surface area contributed by atoms with E-state index in [1.54, 1.807) is 0 Å². The third-order valence-electron chi connectivity index (χ3n) is 3.05. The molecule has 1 aromatic heterocycles. The lowest BCUT2D eigenvalue weighted by molar-refractivity contribution is 0.189. The molecule has 0 aliphatic rings. The number of hydrogen-bond acceptors (Lipinski definition) is 3. The van der Waals surface area contributed by atoms with Gasteiger partial charge in [0.15, 0.2) is 0 Å². The van der Waals surface area contributed by atoms with Crippen molar-refractivity contribution in [2.24, 2.45) is 0 Å². The van der Waals surface area contributed by atoms with Crippen LogP contribution in [0.4, 0.5) is 0 Å². The first-order valence-electron chi connectivity index (χ1n) is 5.71.